The van der Waals surface area contributed by atoms with Crippen LogP contribution in [0.4, 0.5) is 0 Å². The summed E-state index contributed by atoms with van der Waals surface area (Å²) < 4.78 is 5.29. The largest absolute Gasteiger partial charge is 0.448 e. The molecular formula is C13H12N2O2. The summed E-state index contributed by atoms with van der Waals surface area (Å²) in [5.74, 6) is 0.624. The van der Waals surface area contributed by atoms with E-state index in [0.29, 0.717) is 24.3 Å². The third-order valence-corrected chi connectivity index (χ3v) is 2.41. The Balaban J connectivity index is 2.16. The molecular weight excluding hydrogens is 216 g/mol. The molecule has 2 aromatic rings. The van der Waals surface area contributed by atoms with E-state index in [1.807, 2.05) is 12.1 Å². The van der Waals surface area contributed by atoms with Crippen molar-refractivity contribution in [1.29, 1.82) is 5.26 Å². The lowest BCUT2D eigenvalue weighted by Crippen LogP contribution is -1.89. The number of benzene rings is 1. The summed E-state index contributed by atoms with van der Waals surface area (Å²) in [6.45, 7) is 0.134. The second-order valence-electron chi connectivity index (χ2n) is 3.64. The first-order chi connectivity index (χ1) is 8.33. The van der Waals surface area contributed by atoms with E-state index in [9.17, 15) is 0 Å². The first kappa shape index (κ1) is 11.4. The molecule has 0 spiro atoms. The lowest BCUT2D eigenvalue weighted by Gasteiger charge is -1.94. The topological polar surface area (TPSA) is 70.0 Å². The van der Waals surface area contributed by atoms with Crippen LogP contribution >= 0.6 is 0 Å². The van der Waals surface area contributed by atoms with Crippen LogP contribution in [0.25, 0.3) is 11.3 Å². The SMILES string of the molecule is N#Cc1ccc(-c2coc(CCCO)n2)cc1. The van der Waals surface area contributed by atoms with Gasteiger partial charge in [-0.05, 0) is 18.6 Å². The molecule has 0 atom stereocenters. The quantitative estimate of drug-likeness (QED) is 0.870. The van der Waals surface area contributed by atoms with Crippen molar-refractivity contribution in [2.24, 2.45) is 0 Å². The molecule has 1 heterocycles. The number of hydrogen-bond acceptors (Lipinski definition) is 4. The molecule has 0 unspecified atom stereocenters. The normalized spacial score (nSPS) is 10.1. The second-order valence-corrected chi connectivity index (χ2v) is 3.64. The van der Waals surface area contributed by atoms with E-state index in [1.165, 1.54) is 0 Å². The second kappa shape index (κ2) is 5.28. The zero-order chi connectivity index (χ0) is 12.1. The van der Waals surface area contributed by atoms with Gasteiger partial charge >= 0.3 is 0 Å². The van der Waals surface area contributed by atoms with E-state index >= 15 is 0 Å². The Bertz CT molecular complexity index is 523. The van der Waals surface area contributed by atoms with Gasteiger partial charge in [-0.25, -0.2) is 4.98 Å². The maximum Gasteiger partial charge on any atom is 0.194 e. The lowest BCUT2D eigenvalue weighted by atomic mass is 10.1. The Hall–Kier alpha value is -2.12. The molecule has 0 amide bonds. The maximum atomic E-state index is 8.71. The Kier molecular flexibility index (Phi) is 3.53. The number of oxazole rings is 1. The van der Waals surface area contributed by atoms with Crippen molar-refractivity contribution in [3.8, 4) is 17.3 Å². The van der Waals surface area contributed by atoms with Crippen LogP contribution in [-0.2, 0) is 6.42 Å². The van der Waals surface area contributed by atoms with Crippen molar-refractivity contribution in [3.63, 3.8) is 0 Å². The fourth-order valence-corrected chi connectivity index (χ4v) is 1.50. The first-order valence-electron chi connectivity index (χ1n) is 5.39. The minimum atomic E-state index is 0.134. The van der Waals surface area contributed by atoms with E-state index in [2.05, 4.69) is 11.1 Å². The summed E-state index contributed by atoms with van der Waals surface area (Å²) in [4.78, 5) is 4.31. The Morgan fingerprint density at radius 2 is 2.06 bits per heavy atom. The summed E-state index contributed by atoms with van der Waals surface area (Å²) >= 11 is 0. The number of nitriles is 1. The van der Waals surface area contributed by atoms with Crippen molar-refractivity contribution in [3.05, 3.63) is 42.0 Å². The van der Waals surface area contributed by atoms with Gasteiger partial charge in [0, 0.05) is 18.6 Å². The van der Waals surface area contributed by atoms with Gasteiger partial charge in [0.2, 0.25) is 0 Å². The number of hydrogen-bond donors (Lipinski definition) is 1. The summed E-state index contributed by atoms with van der Waals surface area (Å²) in [7, 11) is 0. The molecule has 0 fully saturated rings. The number of aliphatic hydroxyl groups excluding tert-OH is 1. The average Bonchev–Trinajstić information content (AvgIpc) is 2.85. The molecule has 1 N–H and O–H groups in total. The van der Waals surface area contributed by atoms with Gasteiger partial charge in [0.1, 0.15) is 12.0 Å². The summed E-state index contributed by atoms with van der Waals surface area (Å²) in [6, 6.07) is 9.24. The zero-order valence-electron chi connectivity index (χ0n) is 9.26. The standard InChI is InChI=1S/C13H12N2O2/c14-8-10-3-5-11(6-4-10)12-9-17-13(15-12)2-1-7-16/h3-6,9,16H,1-2,7H2. The molecule has 2 rings (SSSR count). The molecule has 0 radical (unpaired) electrons. The summed E-state index contributed by atoms with van der Waals surface area (Å²) in [5, 5.41) is 17.4. The lowest BCUT2D eigenvalue weighted by molar-refractivity contribution is 0.283. The molecule has 1 aromatic carbocycles. The van der Waals surface area contributed by atoms with E-state index in [1.54, 1.807) is 18.4 Å². The Morgan fingerprint density at radius 1 is 1.29 bits per heavy atom. The smallest absolute Gasteiger partial charge is 0.194 e. The highest BCUT2D eigenvalue weighted by molar-refractivity contribution is 5.59. The highest BCUT2D eigenvalue weighted by Crippen LogP contribution is 2.19. The third kappa shape index (κ3) is 2.71. The van der Waals surface area contributed by atoms with Crippen LogP contribution in [0.1, 0.15) is 17.9 Å². The fourth-order valence-electron chi connectivity index (χ4n) is 1.50. The van der Waals surface area contributed by atoms with Crippen molar-refractivity contribution in [2.75, 3.05) is 6.61 Å². The molecule has 0 aliphatic carbocycles. The molecule has 4 nitrogen and oxygen atoms in total. The molecule has 0 aliphatic rings. The van der Waals surface area contributed by atoms with Gasteiger partial charge in [-0.15, -0.1) is 0 Å². The van der Waals surface area contributed by atoms with E-state index < -0.39 is 0 Å². The van der Waals surface area contributed by atoms with Crippen LogP contribution in [0.5, 0.6) is 0 Å². The van der Waals surface area contributed by atoms with Crippen molar-refractivity contribution in [2.45, 2.75) is 12.8 Å². The average molecular weight is 228 g/mol. The van der Waals surface area contributed by atoms with Crippen LogP contribution in [0.15, 0.2) is 34.9 Å². The highest BCUT2D eigenvalue weighted by Gasteiger charge is 2.05. The number of aliphatic hydroxyl groups is 1. The van der Waals surface area contributed by atoms with E-state index in [-0.39, 0.29) is 6.61 Å². The predicted molar refractivity (Wildman–Crippen MR) is 62.1 cm³/mol. The van der Waals surface area contributed by atoms with Gasteiger partial charge in [0.15, 0.2) is 5.89 Å². The van der Waals surface area contributed by atoms with Gasteiger partial charge in [-0.1, -0.05) is 12.1 Å². The number of nitrogens with zero attached hydrogens (tertiary/aromatic N) is 2. The Labute approximate surface area is 99.1 Å². The van der Waals surface area contributed by atoms with Crippen LogP contribution < -0.4 is 0 Å². The summed E-state index contributed by atoms with van der Waals surface area (Å²) in [6.07, 6.45) is 2.87. The molecule has 17 heavy (non-hydrogen) atoms. The minimum Gasteiger partial charge on any atom is -0.448 e. The fraction of sp³-hybridized carbons (Fsp3) is 0.231. The van der Waals surface area contributed by atoms with Gasteiger partial charge in [-0.2, -0.15) is 5.26 Å². The number of aryl methyl sites for hydroxylation is 1. The molecule has 0 aliphatic heterocycles. The van der Waals surface area contributed by atoms with Crippen molar-refractivity contribution >= 4 is 0 Å². The molecule has 0 bridgehead atoms. The maximum absolute atomic E-state index is 8.71. The van der Waals surface area contributed by atoms with Crippen LogP contribution in [0.2, 0.25) is 0 Å². The van der Waals surface area contributed by atoms with Crippen LogP contribution in [0, 0.1) is 11.3 Å². The predicted octanol–water partition coefficient (Wildman–Crippen LogP) is 2.14. The molecule has 0 saturated heterocycles. The van der Waals surface area contributed by atoms with Gasteiger partial charge in [0.05, 0.1) is 11.6 Å². The Morgan fingerprint density at radius 3 is 2.71 bits per heavy atom. The molecule has 4 heteroatoms. The highest BCUT2D eigenvalue weighted by atomic mass is 16.3. The van der Waals surface area contributed by atoms with Gasteiger partial charge in [0.25, 0.3) is 0 Å². The van der Waals surface area contributed by atoms with Crippen LogP contribution in [-0.4, -0.2) is 16.7 Å². The molecule has 86 valence electrons. The number of rotatable bonds is 4. The summed E-state index contributed by atoms with van der Waals surface area (Å²) in [5.41, 5.74) is 2.29. The third-order valence-electron chi connectivity index (χ3n) is 2.41. The van der Waals surface area contributed by atoms with Crippen molar-refractivity contribution in [1.82, 2.24) is 4.98 Å². The van der Waals surface area contributed by atoms with Crippen LogP contribution in [0.3, 0.4) is 0 Å². The monoisotopic (exact) mass is 228 g/mol. The minimum absolute atomic E-state index is 0.134. The molecule has 1 aromatic heterocycles. The van der Waals surface area contributed by atoms with Crippen molar-refractivity contribution < 1.29 is 9.52 Å². The zero-order valence-corrected chi connectivity index (χ0v) is 9.26. The first-order valence-corrected chi connectivity index (χ1v) is 5.39. The van der Waals surface area contributed by atoms with Gasteiger partial charge < -0.3 is 9.52 Å². The molecule has 0 saturated carbocycles. The van der Waals surface area contributed by atoms with E-state index in [4.69, 9.17) is 14.8 Å². The van der Waals surface area contributed by atoms with Gasteiger partial charge in [-0.3, -0.25) is 0 Å². The van der Waals surface area contributed by atoms with E-state index in [0.717, 1.165) is 11.3 Å². The number of aromatic nitrogens is 1.